The summed E-state index contributed by atoms with van der Waals surface area (Å²) in [4.78, 5) is 2.46. The molecule has 2 aliphatic heterocycles. The summed E-state index contributed by atoms with van der Waals surface area (Å²) in [7, 11) is 0. The number of hydrogen-bond acceptors (Lipinski definition) is 4. The predicted molar refractivity (Wildman–Crippen MR) is 69.6 cm³/mol. The number of likely N-dealkylation sites (tertiary alicyclic amines) is 1. The minimum atomic E-state index is 0.121. The van der Waals surface area contributed by atoms with Gasteiger partial charge in [0.15, 0.2) is 0 Å². The molecule has 98 valence electrons. The van der Waals surface area contributed by atoms with Crippen LogP contribution < -0.4 is 5.32 Å². The van der Waals surface area contributed by atoms with E-state index < -0.39 is 0 Å². The van der Waals surface area contributed by atoms with E-state index in [0.717, 1.165) is 37.7 Å². The van der Waals surface area contributed by atoms with Crippen LogP contribution in [-0.4, -0.2) is 40.8 Å². The SMILES string of the molecule is Oc1ccc(CN2CCCC3CNCC32)c(O)c1. The molecule has 18 heavy (non-hydrogen) atoms. The van der Waals surface area contributed by atoms with Gasteiger partial charge in [-0.05, 0) is 37.9 Å². The average Bonchev–Trinajstić information content (AvgIpc) is 2.82. The predicted octanol–water partition coefficient (Wildman–Crippen LogP) is 1.28. The van der Waals surface area contributed by atoms with Gasteiger partial charge in [-0.15, -0.1) is 0 Å². The van der Waals surface area contributed by atoms with Crippen molar-refractivity contribution < 1.29 is 10.2 Å². The standard InChI is InChI=1S/C14H20N2O2/c17-12-4-3-11(14(18)6-12)9-16-5-1-2-10-7-15-8-13(10)16/h3-4,6,10,13,15,17-18H,1-2,5,7-9H2. The molecule has 3 rings (SSSR count). The van der Waals surface area contributed by atoms with Crippen molar-refractivity contribution in [3.05, 3.63) is 23.8 Å². The van der Waals surface area contributed by atoms with Crippen LogP contribution in [0, 0.1) is 5.92 Å². The Labute approximate surface area is 107 Å². The molecule has 2 aliphatic rings. The maximum absolute atomic E-state index is 9.86. The van der Waals surface area contributed by atoms with E-state index in [2.05, 4.69) is 10.2 Å². The zero-order chi connectivity index (χ0) is 12.5. The zero-order valence-corrected chi connectivity index (χ0v) is 10.5. The molecule has 4 nitrogen and oxygen atoms in total. The topological polar surface area (TPSA) is 55.7 Å². The molecule has 0 saturated carbocycles. The fourth-order valence-corrected chi connectivity index (χ4v) is 3.26. The first-order valence-corrected chi connectivity index (χ1v) is 6.69. The van der Waals surface area contributed by atoms with E-state index in [-0.39, 0.29) is 11.5 Å². The molecule has 3 N–H and O–H groups in total. The normalized spacial score (nSPS) is 28.2. The summed E-state index contributed by atoms with van der Waals surface area (Å²) in [6.45, 7) is 4.06. The van der Waals surface area contributed by atoms with Gasteiger partial charge >= 0.3 is 0 Å². The van der Waals surface area contributed by atoms with Crippen LogP contribution in [0.2, 0.25) is 0 Å². The quantitative estimate of drug-likeness (QED) is 0.738. The molecule has 2 atom stereocenters. The van der Waals surface area contributed by atoms with Crippen LogP contribution in [0.1, 0.15) is 18.4 Å². The Morgan fingerprint density at radius 3 is 3.00 bits per heavy atom. The Bertz CT molecular complexity index is 436. The zero-order valence-electron chi connectivity index (χ0n) is 10.5. The summed E-state index contributed by atoms with van der Waals surface area (Å²) < 4.78 is 0. The first kappa shape index (κ1) is 11.8. The third-order valence-electron chi connectivity index (χ3n) is 4.24. The second kappa shape index (κ2) is 4.78. The van der Waals surface area contributed by atoms with Gasteiger partial charge in [-0.25, -0.2) is 0 Å². The van der Waals surface area contributed by atoms with E-state index in [1.54, 1.807) is 6.07 Å². The van der Waals surface area contributed by atoms with Gasteiger partial charge in [0.05, 0.1) is 0 Å². The number of phenolic OH excluding ortho intramolecular Hbond substituents is 2. The van der Waals surface area contributed by atoms with Crippen LogP contribution in [-0.2, 0) is 6.54 Å². The van der Waals surface area contributed by atoms with Crippen molar-refractivity contribution >= 4 is 0 Å². The minimum Gasteiger partial charge on any atom is -0.508 e. The van der Waals surface area contributed by atoms with Crippen molar-refractivity contribution in [2.45, 2.75) is 25.4 Å². The van der Waals surface area contributed by atoms with Gasteiger partial charge in [0.2, 0.25) is 0 Å². The second-order valence-electron chi connectivity index (χ2n) is 5.41. The van der Waals surface area contributed by atoms with Gasteiger partial charge in [-0.3, -0.25) is 4.90 Å². The number of aromatic hydroxyl groups is 2. The van der Waals surface area contributed by atoms with E-state index in [0.29, 0.717) is 6.04 Å². The van der Waals surface area contributed by atoms with Gasteiger partial charge in [-0.2, -0.15) is 0 Å². The average molecular weight is 248 g/mol. The number of piperidine rings is 1. The second-order valence-corrected chi connectivity index (χ2v) is 5.41. The number of fused-ring (bicyclic) bond motifs is 1. The molecule has 0 aliphatic carbocycles. The van der Waals surface area contributed by atoms with E-state index in [1.807, 2.05) is 6.07 Å². The lowest BCUT2D eigenvalue weighted by Gasteiger charge is -2.37. The molecular formula is C14H20N2O2. The number of nitrogens with zero attached hydrogens (tertiary/aromatic N) is 1. The van der Waals surface area contributed by atoms with Crippen LogP contribution in [0.25, 0.3) is 0 Å². The number of phenols is 2. The van der Waals surface area contributed by atoms with Gasteiger partial charge in [0, 0.05) is 30.8 Å². The molecule has 2 heterocycles. The highest BCUT2D eigenvalue weighted by Gasteiger charge is 2.34. The highest BCUT2D eigenvalue weighted by molar-refractivity contribution is 5.38. The molecule has 1 aromatic rings. The Hall–Kier alpha value is -1.26. The summed E-state index contributed by atoms with van der Waals surface area (Å²) >= 11 is 0. The smallest absolute Gasteiger partial charge is 0.123 e. The summed E-state index contributed by atoms with van der Waals surface area (Å²) in [6.07, 6.45) is 2.55. The van der Waals surface area contributed by atoms with Gasteiger partial charge in [0.25, 0.3) is 0 Å². The molecule has 0 radical (unpaired) electrons. The molecule has 0 aromatic heterocycles. The lowest BCUT2D eigenvalue weighted by molar-refractivity contribution is 0.116. The van der Waals surface area contributed by atoms with Crippen LogP contribution >= 0.6 is 0 Å². The molecular weight excluding hydrogens is 228 g/mol. The molecule has 2 fully saturated rings. The lowest BCUT2D eigenvalue weighted by atomic mass is 9.91. The summed E-state index contributed by atoms with van der Waals surface area (Å²) in [5.74, 6) is 1.08. The minimum absolute atomic E-state index is 0.121. The largest absolute Gasteiger partial charge is 0.508 e. The van der Waals surface area contributed by atoms with E-state index in [9.17, 15) is 10.2 Å². The number of nitrogens with one attached hydrogen (secondary N) is 1. The molecule has 0 bridgehead atoms. The summed E-state index contributed by atoms with van der Waals surface area (Å²) in [6, 6.07) is 5.48. The Kier molecular flexibility index (Phi) is 3.14. The van der Waals surface area contributed by atoms with Crippen LogP contribution in [0.5, 0.6) is 11.5 Å². The maximum Gasteiger partial charge on any atom is 0.123 e. The Balaban J connectivity index is 1.75. The fraction of sp³-hybridized carbons (Fsp3) is 0.571. The number of hydrogen-bond donors (Lipinski definition) is 3. The van der Waals surface area contributed by atoms with Crippen molar-refractivity contribution in [3.8, 4) is 11.5 Å². The van der Waals surface area contributed by atoms with Crippen molar-refractivity contribution in [2.24, 2.45) is 5.92 Å². The van der Waals surface area contributed by atoms with Crippen molar-refractivity contribution in [1.82, 2.24) is 10.2 Å². The van der Waals surface area contributed by atoms with E-state index in [1.165, 1.54) is 18.9 Å². The van der Waals surface area contributed by atoms with Gasteiger partial charge in [-0.1, -0.05) is 6.07 Å². The van der Waals surface area contributed by atoms with Crippen LogP contribution in [0.15, 0.2) is 18.2 Å². The van der Waals surface area contributed by atoms with Gasteiger partial charge in [0.1, 0.15) is 11.5 Å². The van der Waals surface area contributed by atoms with E-state index in [4.69, 9.17) is 0 Å². The summed E-state index contributed by atoms with van der Waals surface area (Å²) in [5, 5.41) is 22.6. The molecule has 2 unspecified atom stereocenters. The summed E-state index contributed by atoms with van der Waals surface area (Å²) in [5.41, 5.74) is 0.903. The number of rotatable bonds is 2. The monoisotopic (exact) mass is 248 g/mol. The van der Waals surface area contributed by atoms with Gasteiger partial charge < -0.3 is 15.5 Å². The molecule has 0 spiro atoms. The Morgan fingerprint density at radius 2 is 2.17 bits per heavy atom. The first-order valence-electron chi connectivity index (χ1n) is 6.69. The highest BCUT2D eigenvalue weighted by atomic mass is 16.3. The molecule has 4 heteroatoms. The first-order chi connectivity index (χ1) is 8.74. The van der Waals surface area contributed by atoms with Crippen LogP contribution in [0.4, 0.5) is 0 Å². The Morgan fingerprint density at radius 1 is 1.28 bits per heavy atom. The number of benzene rings is 1. The third kappa shape index (κ3) is 2.18. The van der Waals surface area contributed by atoms with Crippen LogP contribution in [0.3, 0.4) is 0 Å². The fourth-order valence-electron chi connectivity index (χ4n) is 3.26. The molecule has 0 amide bonds. The molecule has 1 aromatic carbocycles. The maximum atomic E-state index is 9.86. The third-order valence-corrected chi connectivity index (χ3v) is 4.24. The van der Waals surface area contributed by atoms with Crippen molar-refractivity contribution in [2.75, 3.05) is 19.6 Å². The van der Waals surface area contributed by atoms with Crippen molar-refractivity contribution in [3.63, 3.8) is 0 Å². The lowest BCUT2D eigenvalue weighted by Crippen LogP contribution is -2.44. The molecule has 2 saturated heterocycles. The highest BCUT2D eigenvalue weighted by Crippen LogP contribution is 2.30. The van der Waals surface area contributed by atoms with Crippen molar-refractivity contribution in [1.29, 1.82) is 0 Å². The van der Waals surface area contributed by atoms with E-state index >= 15 is 0 Å².